The fraction of sp³-hybridized carbons (Fsp3) is 0.111. The van der Waals surface area contributed by atoms with E-state index in [4.69, 9.17) is 9.81 Å². The van der Waals surface area contributed by atoms with Crippen molar-refractivity contribution < 1.29 is 13.0 Å². The maximum absolute atomic E-state index is 11.0. The summed E-state index contributed by atoms with van der Waals surface area (Å²) in [6.07, 6.45) is 0. The van der Waals surface area contributed by atoms with Crippen molar-refractivity contribution in [2.45, 2.75) is 9.24 Å². The molecular weight excluding hydrogens is 280 g/mol. The Balaban J connectivity index is 2.58. The lowest BCUT2D eigenvalue weighted by Crippen LogP contribution is -1.96. The number of hydrogen-bond acceptors (Lipinski definition) is 6. The maximum atomic E-state index is 11.0. The molecular formula is C9H6N2O3S3. The predicted octanol–water partition coefficient (Wildman–Crippen LogP) is 2.16. The first-order valence-corrected chi connectivity index (χ1v) is 7.63. The van der Waals surface area contributed by atoms with Crippen LogP contribution >= 0.6 is 23.1 Å². The van der Waals surface area contributed by atoms with E-state index in [1.807, 2.05) is 6.07 Å². The number of benzene rings is 1. The van der Waals surface area contributed by atoms with Crippen molar-refractivity contribution >= 4 is 43.4 Å². The summed E-state index contributed by atoms with van der Waals surface area (Å²) >= 11 is 2.19. The van der Waals surface area contributed by atoms with Gasteiger partial charge in [0.05, 0.1) is 22.0 Å². The molecule has 2 rings (SSSR count). The molecule has 5 nitrogen and oxygen atoms in total. The van der Waals surface area contributed by atoms with Crippen LogP contribution in [0.25, 0.3) is 10.2 Å². The summed E-state index contributed by atoms with van der Waals surface area (Å²) in [6.45, 7) is 0. The molecule has 0 saturated carbocycles. The highest BCUT2D eigenvalue weighted by molar-refractivity contribution is 7.99. The minimum absolute atomic E-state index is 0.262. The molecule has 17 heavy (non-hydrogen) atoms. The summed E-state index contributed by atoms with van der Waals surface area (Å²) in [5.41, 5.74) is 0.505. The number of fused-ring (bicyclic) bond motifs is 1. The van der Waals surface area contributed by atoms with Crippen LogP contribution in [-0.2, 0) is 10.1 Å². The first-order chi connectivity index (χ1) is 8.02. The minimum atomic E-state index is -4.27. The van der Waals surface area contributed by atoms with Crippen molar-refractivity contribution in [2.75, 3.05) is 5.75 Å². The van der Waals surface area contributed by atoms with Crippen LogP contribution in [0.1, 0.15) is 0 Å². The molecule has 0 bridgehead atoms. The van der Waals surface area contributed by atoms with Gasteiger partial charge in [0.1, 0.15) is 0 Å². The Morgan fingerprint density at radius 2 is 2.29 bits per heavy atom. The van der Waals surface area contributed by atoms with E-state index in [0.717, 1.165) is 16.2 Å². The van der Waals surface area contributed by atoms with Crippen LogP contribution in [0.4, 0.5) is 0 Å². The molecule has 1 heterocycles. The second-order valence-electron chi connectivity index (χ2n) is 3.00. The van der Waals surface area contributed by atoms with Crippen molar-refractivity contribution in [2.24, 2.45) is 0 Å². The van der Waals surface area contributed by atoms with Crippen LogP contribution in [0.5, 0.6) is 0 Å². The van der Waals surface area contributed by atoms with Crippen LogP contribution in [0, 0.1) is 11.3 Å². The third-order valence-electron chi connectivity index (χ3n) is 1.88. The van der Waals surface area contributed by atoms with Crippen LogP contribution in [0.3, 0.4) is 0 Å². The van der Waals surface area contributed by atoms with Crippen molar-refractivity contribution in [3.8, 4) is 6.07 Å². The minimum Gasteiger partial charge on any atom is -0.280 e. The Morgan fingerprint density at radius 3 is 2.94 bits per heavy atom. The molecule has 1 aromatic carbocycles. The number of thiazole rings is 1. The third kappa shape index (κ3) is 2.58. The Labute approximate surface area is 106 Å². The largest absolute Gasteiger partial charge is 0.322 e. The third-order valence-corrected chi connectivity index (χ3v) is 5.02. The second-order valence-corrected chi connectivity index (χ2v) is 6.65. The highest BCUT2D eigenvalue weighted by Gasteiger charge is 2.17. The zero-order valence-electron chi connectivity index (χ0n) is 8.32. The molecule has 0 atom stereocenters. The highest BCUT2D eigenvalue weighted by atomic mass is 32.3. The van der Waals surface area contributed by atoms with Crippen molar-refractivity contribution in [3.05, 3.63) is 18.2 Å². The van der Waals surface area contributed by atoms with E-state index in [1.54, 1.807) is 18.2 Å². The van der Waals surface area contributed by atoms with Gasteiger partial charge in [0.25, 0.3) is 0 Å². The number of rotatable bonds is 3. The average molecular weight is 286 g/mol. The van der Waals surface area contributed by atoms with E-state index in [9.17, 15) is 8.42 Å². The Kier molecular flexibility index (Phi) is 3.35. The SMILES string of the molecule is N#CCSc1cccc2sc(S(=O)(=O)O)nc12. The van der Waals surface area contributed by atoms with Gasteiger partial charge < -0.3 is 0 Å². The van der Waals surface area contributed by atoms with Gasteiger partial charge in [-0.15, -0.1) is 23.1 Å². The first kappa shape index (κ1) is 12.3. The van der Waals surface area contributed by atoms with Gasteiger partial charge in [0.2, 0.25) is 4.34 Å². The normalized spacial score (nSPS) is 11.5. The Morgan fingerprint density at radius 1 is 1.53 bits per heavy atom. The Hall–Kier alpha value is -1.14. The molecule has 0 spiro atoms. The maximum Gasteiger partial charge on any atom is 0.322 e. The molecule has 2 aromatic rings. The van der Waals surface area contributed by atoms with E-state index in [0.29, 0.717) is 10.2 Å². The fourth-order valence-corrected chi connectivity index (χ4v) is 3.61. The number of nitriles is 1. The molecule has 0 amide bonds. The monoisotopic (exact) mass is 286 g/mol. The van der Waals surface area contributed by atoms with Gasteiger partial charge in [0, 0.05) is 4.90 Å². The molecule has 0 saturated heterocycles. The van der Waals surface area contributed by atoms with E-state index in [1.165, 1.54) is 11.8 Å². The lowest BCUT2D eigenvalue weighted by molar-refractivity contribution is 0.482. The molecule has 0 fully saturated rings. The molecule has 0 aliphatic heterocycles. The Bertz CT molecular complexity index is 700. The predicted molar refractivity (Wildman–Crippen MR) is 65.8 cm³/mol. The summed E-state index contributed by atoms with van der Waals surface area (Å²) in [4.78, 5) is 4.62. The van der Waals surface area contributed by atoms with Gasteiger partial charge in [-0.1, -0.05) is 6.07 Å². The molecule has 0 unspecified atom stereocenters. The quantitative estimate of drug-likeness (QED) is 0.686. The molecule has 0 radical (unpaired) electrons. The summed E-state index contributed by atoms with van der Waals surface area (Å²) in [7, 11) is -4.27. The smallest absolute Gasteiger partial charge is 0.280 e. The summed E-state index contributed by atoms with van der Waals surface area (Å²) in [6, 6.07) is 7.23. The van der Waals surface area contributed by atoms with Gasteiger partial charge in [-0.2, -0.15) is 13.7 Å². The number of para-hydroxylation sites is 1. The van der Waals surface area contributed by atoms with E-state index in [2.05, 4.69) is 4.98 Å². The number of aromatic nitrogens is 1. The average Bonchev–Trinajstić information content (AvgIpc) is 2.70. The van der Waals surface area contributed by atoms with Gasteiger partial charge in [0.15, 0.2) is 0 Å². The highest BCUT2D eigenvalue weighted by Crippen LogP contribution is 2.32. The summed E-state index contributed by atoms with van der Waals surface area (Å²) in [5, 5.41) is 8.51. The lowest BCUT2D eigenvalue weighted by Gasteiger charge is -1.96. The number of hydrogen-bond donors (Lipinski definition) is 1. The molecule has 1 aromatic heterocycles. The van der Waals surface area contributed by atoms with Crippen molar-refractivity contribution in [1.82, 2.24) is 4.98 Å². The molecule has 1 N–H and O–H groups in total. The topological polar surface area (TPSA) is 91.0 Å². The number of nitrogens with zero attached hydrogens (tertiary/aromatic N) is 2. The van der Waals surface area contributed by atoms with Gasteiger partial charge in [-0.25, -0.2) is 4.98 Å². The summed E-state index contributed by atoms with van der Waals surface area (Å²) in [5.74, 6) is 0.262. The van der Waals surface area contributed by atoms with Gasteiger partial charge >= 0.3 is 10.1 Å². The van der Waals surface area contributed by atoms with E-state index < -0.39 is 10.1 Å². The molecule has 88 valence electrons. The van der Waals surface area contributed by atoms with E-state index >= 15 is 0 Å². The summed E-state index contributed by atoms with van der Waals surface area (Å²) < 4.78 is 31.2. The molecule has 0 aliphatic carbocycles. The standard InChI is InChI=1S/C9H6N2O3S3/c10-4-5-15-6-2-1-3-7-8(6)11-9(16-7)17(12,13)14/h1-3H,5H2,(H,12,13,14). The van der Waals surface area contributed by atoms with E-state index in [-0.39, 0.29) is 10.1 Å². The first-order valence-electron chi connectivity index (χ1n) is 4.39. The van der Waals surface area contributed by atoms with Crippen LogP contribution < -0.4 is 0 Å². The zero-order valence-corrected chi connectivity index (χ0v) is 10.8. The van der Waals surface area contributed by atoms with Gasteiger partial charge in [-0.05, 0) is 12.1 Å². The van der Waals surface area contributed by atoms with Crippen LogP contribution in [-0.4, -0.2) is 23.7 Å². The van der Waals surface area contributed by atoms with Crippen LogP contribution in [0.15, 0.2) is 27.4 Å². The fourth-order valence-electron chi connectivity index (χ4n) is 1.24. The zero-order chi connectivity index (χ0) is 12.5. The molecule has 0 aliphatic rings. The van der Waals surface area contributed by atoms with Crippen molar-refractivity contribution in [1.29, 1.82) is 5.26 Å². The second kappa shape index (κ2) is 4.62. The number of thioether (sulfide) groups is 1. The van der Waals surface area contributed by atoms with Crippen molar-refractivity contribution in [3.63, 3.8) is 0 Å². The molecule has 8 heteroatoms. The lowest BCUT2D eigenvalue weighted by atomic mass is 10.3. The van der Waals surface area contributed by atoms with Crippen LogP contribution in [0.2, 0.25) is 0 Å². The van der Waals surface area contributed by atoms with Gasteiger partial charge in [-0.3, -0.25) is 4.55 Å².